The molecular weight excluding hydrogens is 396 g/mol. The Labute approximate surface area is 186 Å². The first-order chi connectivity index (χ1) is 14.7. The van der Waals surface area contributed by atoms with Crippen LogP contribution in [0.3, 0.4) is 0 Å². The Bertz CT molecular complexity index is 708. The van der Waals surface area contributed by atoms with Crippen molar-refractivity contribution in [1.29, 1.82) is 0 Å². The lowest BCUT2D eigenvalue weighted by Gasteiger charge is -2.56. The number of hydrogen-bond donors (Lipinski definition) is 2. The van der Waals surface area contributed by atoms with Gasteiger partial charge in [-0.05, 0) is 37.2 Å². The van der Waals surface area contributed by atoms with Gasteiger partial charge in [-0.25, -0.2) is 0 Å². The Kier molecular flexibility index (Phi) is 6.32. The Morgan fingerprint density at radius 2 is 1.87 bits per heavy atom. The number of esters is 1. The van der Waals surface area contributed by atoms with E-state index >= 15 is 0 Å². The Morgan fingerprint density at radius 3 is 2.58 bits per heavy atom. The topological polar surface area (TPSA) is 88.5 Å². The van der Waals surface area contributed by atoms with E-state index in [1.165, 1.54) is 25.7 Å². The number of epoxide rings is 1. The average molecular weight is 437 g/mol. The minimum atomic E-state index is -1.69. The highest BCUT2D eigenvalue weighted by Gasteiger charge is 2.77. The van der Waals surface area contributed by atoms with Gasteiger partial charge in [-0.2, -0.15) is 0 Å². The van der Waals surface area contributed by atoms with E-state index in [-0.39, 0.29) is 30.5 Å². The zero-order valence-corrected chi connectivity index (χ0v) is 19.4. The number of unbranched alkanes of at least 4 members (excludes halogenated alkanes) is 6. The quantitative estimate of drug-likeness (QED) is 0.247. The molecule has 2 aliphatic carbocycles. The van der Waals surface area contributed by atoms with Gasteiger partial charge >= 0.3 is 5.97 Å². The van der Waals surface area contributed by atoms with E-state index in [1.807, 2.05) is 6.92 Å². The fourth-order valence-corrected chi connectivity index (χ4v) is 6.51. The van der Waals surface area contributed by atoms with Gasteiger partial charge in [0.05, 0.1) is 12.7 Å². The number of rotatable bonds is 9. The van der Waals surface area contributed by atoms with E-state index in [1.54, 1.807) is 0 Å². The van der Waals surface area contributed by atoms with E-state index < -0.39 is 29.0 Å². The monoisotopic (exact) mass is 436 g/mol. The van der Waals surface area contributed by atoms with Crippen LogP contribution in [0.25, 0.3) is 0 Å². The molecule has 4 rings (SSSR count). The molecule has 4 aliphatic rings. The number of carbonyl (C=O) groups is 1. The maximum Gasteiger partial charge on any atom is 0.306 e. The van der Waals surface area contributed by atoms with Crippen LogP contribution in [-0.2, 0) is 19.0 Å². The summed E-state index contributed by atoms with van der Waals surface area (Å²) in [5, 5.41) is 23.0. The lowest BCUT2D eigenvalue weighted by molar-refractivity contribution is -0.313. The average Bonchev–Trinajstić information content (AvgIpc) is 3.34. The van der Waals surface area contributed by atoms with E-state index in [2.05, 4.69) is 20.4 Å². The zero-order chi connectivity index (χ0) is 22.4. The highest BCUT2D eigenvalue weighted by atomic mass is 16.7. The van der Waals surface area contributed by atoms with Gasteiger partial charge < -0.3 is 24.4 Å². The van der Waals surface area contributed by atoms with Crippen molar-refractivity contribution in [2.75, 3.05) is 6.61 Å². The van der Waals surface area contributed by atoms with Crippen molar-refractivity contribution in [2.45, 2.75) is 114 Å². The lowest BCUT2D eigenvalue weighted by atomic mass is 9.53. The van der Waals surface area contributed by atoms with Crippen molar-refractivity contribution in [1.82, 2.24) is 0 Å². The van der Waals surface area contributed by atoms with Crippen molar-refractivity contribution in [2.24, 2.45) is 17.8 Å². The number of fused-ring (bicyclic) bond motifs is 4. The van der Waals surface area contributed by atoms with Crippen LogP contribution in [0.2, 0.25) is 0 Å². The first-order valence-electron chi connectivity index (χ1n) is 12.3. The van der Waals surface area contributed by atoms with E-state index in [4.69, 9.17) is 14.2 Å². The SMILES string of the molecule is C=C1CO[C@@]2(O)C[C@@H](C)[C@@H]3C[C@@H]4O[C@]4(C)[C@H](OC(=O)CCCCCCCCC)[C@H]3[C@@]12O. The van der Waals surface area contributed by atoms with Crippen LogP contribution < -0.4 is 0 Å². The second-order valence-electron chi connectivity index (χ2n) is 10.6. The smallest absolute Gasteiger partial charge is 0.306 e. The van der Waals surface area contributed by atoms with E-state index in [9.17, 15) is 15.0 Å². The molecule has 2 saturated carbocycles. The molecule has 176 valence electrons. The maximum atomic E-state index is 12.8. The van der Waals surface area contributed by atoms with Crippen molar-refractivity contribution in [3.8, 4) is 0 Å². The highest BCUT2D eigenvalue weighted by Crippen LogP contribution is 2.64. The minimum absolute atomic E-state index is 0.0259. The fraction of sp³-hybridized carbons (Fsp3) is 0.880. The molecule has 0 unspecified atom stereocenters. The summed E-state index contributed by atoms with van der Waals surface area (Å²) in [5.74, 6) is -2.24. The van der Waals surface area contributed by atoms with Crippen LogP contribution in [0.1, 0.15) is 85.0 Å². The van der Waals surface area contributed by atoms with Gasteiger partial charge in [0.25, 0.3) is 0 Å². The Morgan fingerprint density at radius 1 is 1.19 bits per heavy atom. The van der Waals surface area contributed by atoms with E-state index in [0.29, 0.717) is 18.4 Å². The lowest BCUT2D eigenvalue weighted by Crippen LogP contribution is -2.69. The summed E-state index contributed by atoms with van der Waals surface area (Å²) >= 11 is 0. The second kappa shape index (κ2) is 8.44. The van der Waals surface area contributed by atoms with Crippen LogP contribution in [0.5, 0.6) is 0 Å². The zero-order valence-electron chi connectivity index (χ0n) is 19.4. The van der Waals surface area contributed by atoms with Crippen LogP contribution in [0.4, 0.5) is 0 Å². The van der Waals surface area contributed by atoms with Gasteiger partial charge in [0.2, 0.25) is 0 Å². The molecule has 2 aliphatic heterocycles. The predicted octanol–water partition coefficient (Wildman–Crippen LogP) is 3.88. The van der Waals surface area contributed by atoms with Crippen LogP contribution in [-0.4, -0.2) is 52.0 Å². The van der Waals surface area contributed by atoms with Gasteiger partial charge in [0.15, 0.2) is 5.79 Å². The first kappa shape index (κ1) is 23.2. The Balaban J connectivity index is 1.45. The largest absolute Gasteiger partial charge is 0.459 e. The summed E-state index contributed by atoms with van der Waals surface area (Å²) in [6, 6.07) is 0. The third-order valence-corrected chi connectivity index (χ3v) is 8.49. The molecule has 6 heteroatoms. The highest BCUT2D eigenvalue weighted by molar-refractivity contribution is 5.69. The third kappa shape index (κ3) is 3.77. The summed E-state index contributed by atoms with van der Waals surface area (Å²) in [7, 11) is 0. The number of aliphatic hydroxyl groups is 2. The molecule has 0 aromatic heterocycles. The molecule has 31 heavy (non-hydrogen) atoms. The van der Waals surface area contributed by atoms with Gasteiger partial charge in [-0.1, -0.05) is 59.0 Å². The van der Waals surface area contributed by atoms with Gasteiger partial charge in [0, 0.05) is 18.8 Å². The molecule has 0 radical (unpaired) electrons. The molecule has 0 aromatic rings. The van der Waals surface area contributed by atoms with Crippen LogP contribution in [0, 0.1) is 17.8 Å². The van der Waals surface area contributed by atoms with Gasteiger partial charge in [0.1, 0.15) is 17.3 Å². The molecule has 2 saturated heterocycles. The maximum absolute atomic E-state index is 12.8. The molecule has 6 nitrogen and oxygen atoms in total. The molecule has 4 fully saturated rings. The van der Waals surface area contributed by atoms with Crippen molar-refractivity contribution >= 4 is 5.97 Å². The number of ether oxygens (including phenoxy) is 3. The normalized spacial score (nSPS) is 45.6. The molecule has 2 N–H and O–H groups in total. The van der Waals surface area contributed by atoms with Crippen LogP contribution >= 0.6 is 0 Å². The minimum Gasteiger partial charge on any atom is -0.459 e. The predicted molar refractivity (Wildman–Crippen MR) is 116 cm³/mol. The van der Waals surface area contributed by atoms with Crippen molar-refractivity contribution in [3.05, 3.63) is 12.2 Å². The Hall–Kier alpha value is -0.950. The van der Waals surface area contributed by atoms with Crippen LogP contribution in [0.15, 0.2) is 12.2 Å². The first-order valence-corrected chi connectivity index (χ1v) is 12.3. The van der Waals surface area contributed by atoms with E-state index in [0.717, 1.165) is 25.7 Å². The summed E-state index contributed by atoms with van der Waals surface area (Å²) in [6.45, 7) is 10.4. The summed E-state index contributed by atoms with van der Waals surface area (Å²) < 4.78 is 17.7. The van der Waals surface area contributed by atoms with Crippen molar-refractivity contribution in [3.63, 3.8) is 0 Å². The molecule has 8 atom stereocenters. The summed E-state index contributed by atoms with van der Waals surface area (Å²) in [5.41, 5.74) is -1.78. The summed E-state index contributed by atoms with van der Waals surface area (Å²) in [6.07, 6.45) is 8.87. The molecule has 0 amide bonds. The second-order valence-corrected chi connectivity index (χ2v) is 10.6. The molecule has 0 bridgehead atoms. The van der Waals surface area contributed by atoms with Gasteiger partial charge in [-0.3, -0.25) is 4.79 Å². The van der Waals surface area contributed by atoms with Crippen molar-refractivity contribution < 1.29 is 29.2 Å². The molecule has 2 heterocycles. The molecule has 0 spiro atoms. The van der Waals surface area contributed by atoms with Gasteiger partial charge in [-0.15, -0.1) is 0 Å². The standard InChI is InChI=1S/C25H40O6/c1-5-6-7-8-9-10-11-12-20(26)30-22-21-18(13-19-23(22,4)31-19)16(2)14-24(27)25(21,28)17(3)15-29-24/h16,18-19,21-22,27-28H,3,5-15H2,1-2,4H3/t16-,18+,19+,21+,22-,23+,24+,25+/m1/s1. The number of hydrogen-bond acceptors (Lipinski definition) is 6. The summed E-state index contributed by atoms with van der Waals surface area (Å²) in [4.78, 5) is 12.8. The fourth-order valence-electron chi connectivity index (χ4n) is 6.51. The third-order valence-electron chi connectivity index (χ3n) is 8.49. The molecular formula is C25H40O6. The number of carbonyl (C=O) groups excluding carboxylic acids is 1. The molecule has 0 aromatic carbocycles.